The summed E-state index contributed by atoms with van der Waals surface area (Å²) in [6.07, 6.45) is 5.65. The second-order valence-electron chi connectivity index (χ2n) is 11.1. The van der Waals surface area contributed by atoms with Crippen molar-refractivity contribution in [1.29, 1.82) is 0 Å². The molecule has 1 amide bonds. The standard InChI is InChI=1S/C23H29ClFNO3/c1-20-8-21(2)10-22(3,9-20)13-23(11-20,12-21)19(29)26-17(18(27)28)7-14-6-15(24)4-5-16(14)25/h4-6,17H,7-13H2,1-3H3,(H,26,29)(H,27,28)/t17-,20?,21?,22?,23?/m0/s1. The van der Waals surface area contributed by atoms with Crippen LogP contribution in [0.2, 0.25) is 5.02 Å². The summed E-state index contributed by atoms with van der Waals surface area (Å²) in [6, 6.07) is 2.89. The van der Waals surface area contributed by atoms with Crippen molar-refractivity contribution in [2.75, 3.05) is 0 Å². The van der Waals surface area contributed by atoms with Gasteiger partial charge in [-0.15, -0.1) is 0 Å². The molecule has 1 aromatic rings. The SMILES string of the molecule is CC12CC3(C)CC(C)(C1)CC(C(=O)N[C@@H](Cc1cc(Cl)ccc1F)C(=O)O)(C2)C3. The number of nitrogens with one attached hydrogen (secondary N) is 1. The molecule has 0 radical (unpaired) electrons. The minimum atomic E-state index is -1.18. The maximum absolute atomic E-state index is 14.1. The molecule has 4 aliphatic carbocycles. The number of carbonyl (C=O) groups excluding carboxylic acids is 1. The summed E-state index contributed by atoms with van der Waals surface area (Å²) in [5.74, 6) is -1.86. The third-order valence-electron chi connectivity index (χ3n) is 7.37. The summed E-state index contributed by atoms with van der Waals surface area (Å²) in [5.41, 5.74) is 0.0171. The lowest BCUT2D eigenvalue weighted by Crippen LogP contribution is -2.64. The van der Waals surface area contributed by atoms with Gasteiger partial charge in [-0.2, -0.15) is 0 Å². The van der Waals surface area contributed by atoms with Gasteiger partial charge < -0.3 is 10.4 Å². The third-order valence-corrected chi connectivity index (χ3v) is 7.61. The number of carboxylic acid groups (broad SMARTS) is 1. The average molecular weight is 422 g/mol. The molecule has 29 heavy (non-hydrogen) atoms. The number of rotatable bonds is 5. The maximum atomic E-state index is 14.1. The fourth-order valence-corrected chi connectivity index (χ4v) is 8.16. The van der Waals surface area contributed by atoms with E-state index in [4.69, 9.17) is 11.6 Å². The predicted molar refractivity (Wildman–Crippen MR) is 109 cm³/mol. The molecule has 4 saturated carbocycles. The van der Waals surface area contributed by atoms with E-state index in [1.165, 1.54) is 18.2 Å². The molecular weight excluding hydrogens is 393 g/mol. The second kappa shape index (κ2) is 6.44. The number of carbonyl (C=O) groups is 2. The number of benzene rings is 1. The Hall–Kier alpha value is -1.62. The van der Waals surface area contributed by atoms with Crippen LogP contribution in [0.3, 0.4) is 0 Å². The van der Waals surface area contributed by atoms with Gasteiger partial charge in [0.05, 0.1) is 5.41 Å². The first kappa shape index (κ1) is 20.6. The van der Waals surface area contributed by atoms with Crippen molar-refractivity contribution in [3.05, 3.63) is 34.6 Å². The molecule has 0 spiro atoms. The van der Waals surface area contributed by atoms with Crippen LogP contribution in [0.25, 0.3) is 0 Å². The molecular formula is C23H29ClFNO3. The highest BCUT2D eigenvalue weighted by atomic mass is 35.5. The van der Waals surface area contributed by atoms with E-state index >= 15 is 0 Å². The number of amides is 1. The van der Waals surface area contributed by atoms with Gasteiger partial charge in [-0.05, 0) is 78.5 Å². The molecule has 158 valence electrons. The van der Waals surface area contributed by atoms with Crippen LogP contribution in [0.5, 0.6) is 0 Å². The molecule has 0 aromatic heterocycles. The Balaban J connectivity index is 1.58. The Labute approximate surface area is 176 Å². The minimum Gasteiger partial charge on any atom is -0.480 e. The van der Waals surface area contributed by atoms with Crippen molar-refractivity contribution in [1.82, 2.24) is 5.32 Å². The van der Waals surface area contributed by atoms with E-state index in [2.05, 4.69) is 26.1 Å². The highest BCUT2D eigenvalue weighted by molar-refractivity contribution is 6.30. The maximum Gasteiger partial charge on any atom is 0.326 e. The van der Waals surface area contributed by atoms with Crippen LogP contribution in [0.4, 0.5) is 4.39 Å². The van der Waals surface area contributed by atoms with Crippen LogP contribution in [0, 0.1) is 27.5 Å². The molecule has 1 aromatic carbocycles. The molecule has 4 nitrogen and oxygen atoms in total. The molecule has 6 heteroatoms. The molecule has 4 bridgehead atoms. The zero-order valence-electron chi connectivity index (χ0n) is 17.3. The first-order valence-corrected chi connectivity index (χ1v) is 10.7. The lowest BCUT2D eigenvalue weighted by atomic mass is 9.36. The summed E-state index contributed by atoms with van der Waals surface area (Å²) < 4.78 is 14.1. The van der Waals surface area contributed by atoms with Gasteiger partial charge in [-0.25, -0.2) is 9.18 Å². The van der Waals surface area contributed by atoms with Gasteiger partial charge in [0.25, 0.3) is 0 Å². The highest BCUT2D eigenvalue weighted by Gasteiger charge is 2.66. The zero-order chi connectivity index (χ0) is 21.2. The number of hydrogen-bond acceptors (Lipinski definition) is 2. The average Bonchev–Trinajstić information content (AvgIpc) is 2.52. The second-order valence-corrected chi connectivity index (χ2v) is 11.5. The Morgan fingerprint density at radius 1 is 1.07 bits per heavy atom. The molecule has 0 aliphatic heterocycles. The van der Waals surface area contributed by atoms with E-state index in [1.54, 1.807) is 0 Å². The van der Waals surface area contributed by atoms with Crippen molar-refractivity contribution in [3.8, 4) is 0 Å². The molecule has 0 heterocycles. The Morgan fingerprint density at radius 2 is 1.59 bits per heavy atom. The fraction of sp³-hybridized carbons (Fsp3) is 0.652. The minimum absolute atomic E-state index is 0.118. The van der Waals surface area contributed by atoms with Crippen LogP contribution >= 0.6 is 11.6 Å². The zero-order valence-corrected chi connectivity index (χ0v) is 18.0. The number of aliphatic carboxylic acids is 1. The van der Waals surface area contributed by atoms with Crippen LogP contribution in [-0.4, -0.2) is 23.0 Å². The first-order valence-electron chi connectivity index (χ1n) is 10.3. The molecule has 0 saturated heterocycles. The number of hydrogen-bond donors (Lipinski definition) is 2. The summed E-state index contributed by atoms with van der Waals surface area (Å²) in [6.45, 7) is 6.83. The Kier molecular flexibility index (Phi) is 4.58. The summed E-state index contributed by atoms with van der Waals surface area (Å²) >= 11 is 5.94. The van der Waals surface area contributed by atoms with Gasteiger partial charge in [0.2, 0.25) is 5.91 Å². The summed E-state index contributed by atoms with van der Waals surface area (Å²) in [7, 11) is 0. The van der Waals surface area contributed by atoms with E-state index in [0.717, 1.165) is 38.5 Å². The summed E-state index contributed by atoms with van der Waals surface area (Å²) in [5, 5.41) is 12.8. The number of carboxylic acids is 1. The van der Waals surface area contributed by atoms with Crippen LogP contribution in [0.1, 0.15) is 64.9 Å². The fourth-order valence-electron chi connectivity index (χ4n) is 7.96. The smallest absolute Gasteiger partial charge is 0.326 e. The van der Waals surface area contributed by atoms with E-state index in [0.29, 0.717) is 5.02 Å². The van der Waals surface area contributed by atoms with E-state index < -0.39 is 23.2 Å². The quantitative estimate of drug-likeness (QED) is 0.704. The van der Waals surface area contributed by atoms with Crippen molar-refractivity contribution in [2.45, 2.75) is 71.8 Å². The van der Waals surface area contributed by atoms with Gasteiger partial charge in [0, 0.05) is 11.4 Å². The Morgan fingerprint density at radius 3 is 2.07 bits per heavy atom. The third kappa shape index (κ3) is 3.67. The molecule has 4 aliphatic rings. The van der Waals surface area contributed by atoms with Gasteiger partial charge >= 0.3 is 5.97 Å². The highest BCUT2D eigenvalue weighted by Crippen LogP contribution is 2.73. The molecule has 0 unspecified atom stereocenters. The van der Waals surface area contributed by atoms with Crippen molar-refractivity contribution in [3.63, 3.8) is 0 Å². The van der Waals surface area contributed by atoms with Crippen LogP contribution < -0.4 is 5.32 Å². The lowest BCUT2D eigenvalue weighted by Gasteiger charge is -2.68. The van der Waals surface area contributed by atoms with Crippen LogP contribution in [0.15, 0.2) is 18.2 Å². The first-order chi connectivity index (χ1) is 13.4. The van der Waals surface area contributed by atoms with Crippen molar-refractivity contribution < 1.29 is 19.1 Å². The van der Waals surface area contributed by atoms with Crippen molar-refractivity contribution in [2.24, 2.45) is 21.7 Å². The van der Waals surface area contributed by atoms with E-state index in [1.807, 2.05) is 0 Å². The van der Waals surface area contributed by atoms with E-state index in [9.17, 15) is 19.1 Å². The van der Waals surface area contributed by atoms with Crippen molar-refractivity contribution >= 4 is 23.5 Å². The van der Waals surface area contributed by atoms with Gasteiger partial charge in [-0.1, -0.05) is 32.4 Å². The number of halogens is 2. The Bertz CT molecular complexity index is 831. The van der Waals surface area contributed by atoms with Gasteiger partial charge in [0.1, 0.15) is 11.9 Å². The topological polar surface area (TPSA) is 66.4 Å². The largest absolute Gasteiger partial charge is 0.480 e. The van der Waals surface area contributed by atoms with Crippen LogP contribution in [-0.2, 0) is 16.0 Å². The molecule has 2 N–H and O–H groups in total. The normalized spacial score (nSPS) is 38.7. The molecule has 5 rings (SSSR count). The molecule has 4 fully saturated rings. The lowest BCUT2D eigenvalue weighted by molar-refractivity contribution is -0.192. The van der Waals surface area contributed by atoms with Gasteiger partial charge in [-0.3, -0.25) is 4.79 Å². The van der Waals surface area contributed by atoms with Gasteiger partial charge in [0.15, 0.2) is 0 Å². The van der Waals surface area contributed by atoms with E-state index in [-0.39, 0.29) is 34.1 Å². The monoisotopic (exact) mass is 421 g/mol. The predicted octanol–water partition coefficient (Wildman–Crippen LogP) is 4.98. The molecule has 1 atom stereocenters. The summed E-state index contributed by atoms with van der Waals surface area (Å²) in [4.78, 5) is 25.4.